The number of anilines is 2. The fourth-order valence-electron chi connectivity index (χ4n) is 3.48. The minimum Gasteiger partial charge on any atom is -0.508 e. The quantitative estimate of drug-likeness (QED) is 0.284. The average Bonchev–Trinajstić information content (AvgIpc) is 3.28. The Morgan fingerprint density at radius 2 is 1.81 bits per heavy atom. The van der Waals surface area contributed by atoms with Crippen LogP contribution in [-0.2, 0) is 14.3 Å². The van der Waals surface area contributed by atoms with Crippen LogP contribution >= 0.6 is 11.5 Å². The maximum absolute atomic E-state index is 14.0. The Labute approximate surface area is 215 Å². The lowest BCUT2D eigenvalue weighted by atomic mass is 10.0. The molecule has 0 aliphatic carbocycles. The van der Waals surface area contributed by atoms with Gasteiger partial charge >= 0.3 is 5.97 Å². The number of primary amides is 1. The van der Waals surface area contributed by atoms with Crippen LogP contribution in [0.25, 0.3) is 0 Å². The first-order chi connectivity index (χ1) is 17.7. The molecule has 0 fully saturated rings. The second-order valence-electron chi connectivity index (χ2n) is 7.50. The zero-order valence-corrected chi connectivity index (χ0v) is 20.8. The van der Waals surface area contributed by atoms with Crippen molar-refractivity contribution in [3.63, 3.8) is 0 Å². The second kappa shape index (κ2) is 11.9. The molecule has 1 heterocycles. The Bertz CT molecular complexity index is 1310. The topological polar surface area (TPSA) is 187 Å². The highest BCUT2D eigenvalue weighted by atomic mass is 32.1. The van der Waals surface area contributed by atoms with Crippen molar-refractivity contribution < 1.29 is 33.8 Å². The number of rotatable bonds is 10. The number of benzene rings is 2. The highest BCUT2D eigenvalue weighted by Gasteiger charge is 2.37. The van der Waals surface area contributed by atoms with Crippen molar-refractivity contribution in [2.24, 2.45) is 5.73 Å². The van der Waals surface area contributed by atoms with E-state index in [-0.39, 0.29) is 45.6 Å². The first-order valence-electron chi connectivity index (χ1n) is 10.9. The Hall–Kier alpha value is -4.65. The molecule has 12 nitrogen and oxygen atoms in total. The number of para-hydroxylation sites is 2. The monoisotopic (exact) mass is 527 g/mol. The number of nitrogens with two attached hydrogens (primary N) is 2. The number of methoxy groups -OCH3 is 1. The van der Waals surface area contributed by atoms with E-state index in [4.69, 9.17) is 20.9 Å². The standard InChI is InChI=1S/C24H25N5O7S/c1-3-36-17(31)12-27-23(33)20(13-8-10-14(30)11-9-13)29(15-6-4-5-7-16(15)35-2)24(34)21-18(25)19(22(26)32)28-37-21/h4-11,20,30H,3,12,25H2,1-2H3,(H2,26,32)(H,27,33)/t20-/m1/s1. The third kappa shape index (κ3) is 5.95. The molecule has 13 heteroatoms. The van der Waals surface area contributed by atoms with Crippen LogP contribution in [0.5, 0.6) is 11.5 Å². The number of hydrogen-bond acceptors (Lipinski definition) is 10. The molecule has 3 amide bonds. The summed E-state index contributed by atoms with van der Waals surface area (Å²) < 4.78 is 14.2. The maximum atomic E-state index is 14.0. The lowest BCUT2D eigenvalue weighted by Crippen LogP contribution is -2.45. The fraction of sp³-hybridized carbons (Fsp3) is 0.208. The third-order valence-electron chi connectivity index (χ3n) is 5.15. The van der Waals surface area contributed by atoms with Crippen molar-refractivity contribution in [1.29, 1.82) is 0 Å². The van der Waals surface area contributed by atoms with Crippen LogP contribution < -0.4 is 26.4 Å². The molecule has 0 aliphatic heterocycles. The average molecular weight is 528 g/mol. The minimum absolute atomic E-state index is 0.0672. The fourth-order valence-corrected chi connectivity index (χ4v) is 4.22. The summed E-state index contributed by atoms with van der Waals surface area (Å²) in [6, 6.07) is 10.7. The summed E-state index contributed by atoms with van der Waals surface area (Å²) in [6.45, 7) is 1.29. The van der Waals surface area contributed by atoms with Crippen LogP contribution in [-0.4, -0.2) is 53.4 Å². The van der Waals surface area contributed by atoms with Gasteiger partial charge < -0.3 is 31.4 Å². The van der Waals surface area contributed by atoms with Crippen LogP contribution in [0.15, 0.2) is 48.5 Å². The number of ether oxygens (including phenoxy) is 2. The zero-order valence-electron chi connectivity index (χ0n) is 20.0. The van der Waals surface area contributed by atoms with E-state index in [2.05, 4.69) is 9.69 Å². The number of carbonyl (C=O) groups is 4. The van der Waals surface area contributed by atoms with Crippen molar-refractivity contribution >= 4 is 46.6 Å². The number of carbonyl (C=O) groups excluding carboxylic acids is 4. The summed E-state index contributed by atoms with van der Waals surface area (Å²) in [5.74, 6) is -2.93. The van der Waals surface area contributed by atoms with Gasteiger partial charge in [-0.1, -0.05) is 24.3 Å². The molecular formula is C24H25N5O7S. The number of aromatic nitrogens is 1. The highest BCUT2D eigenvalue weighted by molar-refractivity contribution is 7.09. The molecule has 194 valence electrons. The van der Waals surface area contributed by atoms with Gasteiger partial charge in [0.1, 0.15) is 29.0 Å². The molecule has 3 rings (SSSR count). The van der Waals surface area contributed by atoms with Gasteiger partial charge in [-0.2, -0.15) is 4.37 Å². The van der Waals surface area contributed by atoms with E-state index >= 15 is 0 Å². The summed E-state index contributed by atoms with van der Waals surface area (Å²) in [5, 5.41) is 12.3. The molecule has 0 radical (unpaired) electrons. The number of nitrogens with one attached hydrogen (secondary N) is 1. The Morgan fingerprint density at radius 3 is 2.41 bits per heavy atom. The molecule has 0 saturated heterocycles. The van der Waals surface area contributed by atoms with Gasteiger partial charge in [0.05, 0.1) is 25.1 Å². The summed E-state index contributed by atoms with van der Waals surface area (Å²) in [4.78, 5) is 52.1. The molecular weight excluding hydrogens is 502 g/mol. The third-order valence-corrected chi connectivity index (χ3v) is 6.00. The van der Waals surface area contributed by atoms with Crippen LogP contribution in [0.3, 0.4) is 0 Å². The number of phenolic OH excluding ortho intramolecular Hbond substituents is 1. The normalized spacial score (nSPS) is 11.3. The first kappa shape index (κ1) is 26.9. The van der Waals surface area contributed by atoms with Crippen LogP contribution in [0.4, 0.5) is 11.4 Å². The van der Waals surface area contributed by atoms with E-state index in [0.717, 1.165) is 4.90 Å². The minimum atomic E-state index is -1.38. The summed E-state index contributed by atoms with van der Waals surface area (Å²) in [7, 11) is 1.39. The van der Waals surface area contributed by atoms with Gasteiger partial charge in [0.25, 0.3) is 11.8 Å². The lowest BCUT2D eigenvalue weighted by molar-refractivity contribution is -0.143. The molecule has 0 unspecified atom stereocenters. The molecule has 3 aromatic rings. The number of hydrogen-bond donors (Lipinski definition) is 4. The number of amides is 3. The van der Waals surface area contributed by atoms with Crippen molar-refractivity contribution in [1.82, 2.24) is 9.69 Å². The number of nitrogen functional groups attached to an aromatic ring is 1. The maximum Gasteiger partial charge on any atom is 0.325 e. The molecule has 0 saturated carbocycles. The van der Waals surface area contributed by atoms with Crippen LogP contribution in [0.1, 0.15) is 38.7 Å². The summed E-state index contributed by atoms with van der Waals surface area (Å²) in [5.41, 5.74) is 11.3. The SMILES string of the molecule is CCOC(=O)CNC(=O)[C@@H](c1ccc(O)cc1)N(C(=O)c1snc(C(N)=O)c1N)c1ccccc1OC. The van der Waals surface area contributed by atoms with Crippen molar-refractivity contribution in [3.8, 4) is 11.5 Å². The Morgan fingerprint density at radius 1 is 1.14 bits per heavy atom. The molecule has 0 aliphatic rings. The Balaban J connectivity index is 2.20. The molecule has 37 heavy (non-hydrogen) atoms. The van der Waals surface area contributed by atoms with Gasteiger partial charge in [-0.3, -0.25) is 24.1 Å². The molecule has 1 aromatic heterocycles. The number of aromatic hydroxyl groups is 1. The smallest absolute Gasteiger partial charge is 0.325 e. The molecule has 1 atom stereocenters. The summed E-state index contributed by atoms with van der Waals surface area (Å²) in [6.07, 6.45) is 0. The highest BCUT2D eigenvalue weighted by Crippen LogP contribution is 2.38. The van der Waals surface area contributed by atoms with Gasteiger partial charge in [-0.05, 0) is 48.3 Å². The van der Waals surface area contributed by atoms with Crippen LogP contribution in [0.2, 0.25) is 0 Å². The van der Waals surface area contributed by atoms with Crippen LogP contribution in [0, 0.1) is 0 Å². The number of esters is 1. The van der Waals surface area contributed by atoms with Crippen molar-refractivity contribution in [2.45, 2.75) is 13.0 Å². The second-order valence-corrected chi connectivity index (χ2v) is 8.28. The molecule has 0 spiro atoms. The van der Waals surface area contributed by atoms with E-state index in [1.165, 1.54) is 31.4 Å². The first-order valence-corrected chi connectivity index (χ1v) is 11.7. The largest absolute Gasteiger partial charge is 0.508 e. The van der Waals surface area contributed by atoms with E-state index < -0.39 is 36.3 Å². The number of nitrogens with zero attached hydrogens (tertiary/aromatic N) is 2. The number of phenols is 1. The van der Waals surface area contributed by atoms with E-state index in [0.29, 0.717) is 11.5 Å². The predicted octanol–water partition coefficient (Wildman–Crippen LogP) is 1.61. The van der Waals surface area contributed by atoms with Gasteiger partial charge in [-0.15, -0.1) is 0 Å². The molecule has 6 N–H and O–H groups in total. The lowest BCUT2D eigenvalue weighted by Gasteiger charge is -2.32. The van der Waals surface area contributed by atoms with Crippen molar-refractivity contribution in [2.75, 3.05) is 30.9 Å². The Kier molecular flexibility index (Phi) is 8.64. The van der Waals surface area contributed by atoms with Gasteiger partial charge in [0.2, 0.25) is 5.91 Å². The predicted molar refractivity (Wildman–Crippen MR) is 135 cm³/mol. The van der Waals surface area contributed by atoms with E-state index in [9.17, 15) is 24.3 Å². The van der Waals surface area contributed by atoms with Gasteiger partial charge in [-0.25, -0.2) is 0 Å². The van der Waals surface area contributed by atoms with E-state index in [1.54, 1.807) is 31.2 Å². The van der Waals surface area contributed by atoms with E-state index in [1.807, 2.05) is 0 Å². The van der Waals surface area contributed by atoms with Gasteiger partial charge in [0, 0.05) is 0 Å². The molecule has 2 aromatic carbocycles. The van der Waals surface area contributed by atoms with Gasteiger partial charge in [0.15, 0.2) is 5.69 Å². The molecule has 0 bridgehead atoms. The zero-order chi connectivity index (χ0) is 27.1. The summed E-state index contributed by atoms with van der Waals surface area (Å²) >= 11 is 0.647. The van der Waals surface area contributed by atoms with Crippen molar-refractivity contribution in [3.05, 3.63) is 64.7 Å².